The summed E-state index contributed by atoms with van der Waals surface area (Å²) in [7, 11) is 0. The Kier molecular flexibility index (Phi) is 15.7. The first kappa shape index (κ1) is 19.2. The lowest BCUT2D eigenvalue weighted by atomic mass is 10.1. The van der Waals surface area contributed by atoms with Crippen LogP contribution in [0.2, 0.25) is 0 Å². The molecule has 0 aromatic carbocycles. The topological polar surface area (TPSA) is 73.6 Å². The smallest absolute Gasteiger partial charge is 0.185 e. The maximum atomic E-state index is 5.54. The van der Waals surface area contributed by atoms with E-state index in [0.717, 1.165) is 19.6 Å². The largest absolute Gasteiger partial charge is 0.381 e. The zero-order valence-electron chi connectivity index (χ0n) is 13.4. The van der Waals surface area contributed by atoms with Gasteiger partial charge in [-0.2, -0.15) is 0 Å². The van der Waals surface area contributed by atoms with Crippen molar-refractivity contribution in [3.05, 3.63) is 0 Å². The van der Waals surface area contributed by atoms with Crippen LogP contribution in [-0.4, -0.2) is 25.7 Å². The van der Waals surface area contributed by atoms with E-state index in [9.17, 15) is 0 Å². The van der Waals surface area contributed by atoms with Gasteiger partial charge in [-0.3, -0.25) is 4.99 Å². The Balaban J connectivity index is 2.97. The molecule has 0 aliphatic carbocycles. The van der Waals surface area contributed by atoms with E-state index in [-0.39, 0.29) is 5.96 Å². The number of hydrogen-bond acceptors (Lipinski definition) is 2. The van der Waals surface area contributed by atoms with Crippen LogP contribution in [0.1, 0.15) is 77.6 Å². The Bertz CT molecular complexity index is 216. The Morgan fingerprint density at radius 3 is 1.80 bits per heavy atom. The molecule has 20 heavy (non-hydrogen) atoms. The first-order chi connectivity index (χ1) is 9.77. The summed E-state index contributed by atoms with van der Waals surface area (Å²) in [6.45, 7) is 4.57. The summed E-state index contributed by atoms with van der Waals surface area (Å²) in [5.41, 5.74) is 10.5. The summed E-state index contributed by atoms with van der Waals surface area (Å²) >= 11 is 0. The molecular weight excluding hydrogens is 250 g/mol. The van der Waals surface area contributed by atoms with Crippen LogP contribution in [-0.2, 0) is 4.74 Å². The summed E-state index contributed by atoms with van der Waals surface area (Å²) in [5.74, 6) is 0.166. The van der Waals surface area contributed by atoms with E-state index in [0.29, 0.717) is 6.54 Å². The van der Waals surface area contributed by atoms with Gasteiger partial charge in [0.05, 0.1) is 0 Å². The molecule has 0 saturated carbocycles. The summed E-state index contributed by atoms with van der Waals surface area (Å²) in [6.07, 6.45) is 14.5. The minimum atomic E-state index is 0.166. The highest BCUT2D eigenvalue weighted by Crippen LogP contribution is 2.10. The minimum Gasteiger partial charge on any atom is -0.381 e. The summed E-state index contributed by atoms with van der Waals surface area (Å²) in [6, 6.07) is 0. The molecular formula is C16H35N3O. The van der Waals surface area contributed by atoms with Crippen molar-refractivity contribution in [3.63, 3.8) is 0 Å². The first-order valence-electron chi connectivity index (χ1n) is 8.40. The molecule has 120 valence electrons. The molecule has 4 N–H and O–H groups in total. The van der Waals surface area contributed by atoms with Crippen molar-refractivity contribution in [1.82, 2.24) is 0 Å². The molecule has 0 saturated heterocycles. The van der Waals surface area contributed by atoms with Crippen LogP contribution in [0.15, 0.2) is 4.99 Å². The van der Waals surface area contributed by atoms with Gasteiger partial charge in [-0.15, -0.1) is 0 Å². The van der Waals surface area contributed by atoms with E-state index < -0.39 is 0 Å². The number of nitrogens with zero attached hydrogens (tertiary/aromatic N) is 1. The standard InChI is InChI=1S/C16H35N3O/c1-2-3-4-5-6-7-8-9-10-11-14-20-15-12-13-19-16(17)18/h2-15H2,1H3,(H4,17,18,19). The Labute approximate surface area is 125 Å². The summed E-state index contributed by atoms with van der Waals surface area (Å²) in [5, 5.41) is 0. The highest BCUT2D eigenvalue weighted by atomic mass is 16.5. The van der Waals surface area contributed by atoms with Crippen LogP contribution >= 0.6 is 0 Å². The van der Waals surface area contributed by atoms with E-state index in [1.807, 2.05) is 0 Å². The van der Waals surface area contributed by atoms with E-state index in [2.05, 4.69) is 11.9 Å². The fraction of sp³-hybridized carbons (Fsp3) is 0.938. The number of rotatable bonds is 15. The fourth-order valence-corrected chi connectivity index (χ4v) is 2.17. The normalized spacial score (nSPS) is 10.7. The van der Waals surface area contributed by atoms with Gasteiger partial charge in [-0.1, -0.05) is 64.7 Å². The molecule has 0 aliphatic rings. The molecule has 4 nitrogen and oxygen atoms in total. The molecule has 0 atom stereocenters. The van der Waals surface area contributed by atoms with Crippen LogP contribution < -0.4 is 11.5 Å². The zero-order valence-corrected chi connectivity index (χ0v) is 13.4. The van der Waals surface area contributed by atoms with Crippen molar-refractivity contribution < 1.29 is 4.74 Å². The van der Waals surface area contributed by atoms with Gasteiger partial charge < -0.3 is 16.2 Å². The van der Waals surface area contributed by atoms with Gasteiger partial charge in [0.2, 0.25) is 0 Å². The Morgan fingerprint density at radius 1 is 0.750 bits per heavy atom. The summed E-state index contributed by atoms with van der Waals surface area (Å²) < 4.78 is 5.54. The van der Waals surface area contributed by atoms with Crippen molar-refractivity contribution in [2.24, 2.45) is 16.5 Å². The van der Waals surface area contributed by atoms with Crippen LogP contribution in [0, 0.1) is 0 Å². The second kappa shape index (κ2) is 16.3. The number of hydrogen-bond donors (Lipinski definition) is 2. The predicted molar refractivity (Wildman–Crippen MR) is 88.0 cm³/mol. The van der Waals surface area contributed by atoms with E-state index in [1.165, 1.54) is 64.2 Å². The van der Waals surface area contributed by atoms with Crippen molar-refractivity contribution in [3.8, 4) is 0 Å². The molecule has 4 heteroatoms. The van der Waals surface area contributed by atoms with Gasteiger partial charge in [-0.05, 0) is 12.8 Å². The zero-order chi connectivity index (χ0) is 14.9. The first-order valence-corrected chi connectivity index (χ1v) is 8.40. The number of ether oxygens (including phenoxy) is 1. The number of nitrogens with two attached hydrogens (primary N) is 2. The van der Waals surface area contributed by atoms with E-state index >= 15 is 0 Å². The summed E-state index contributed by atoms with van der Waals surface area (Å²) in [4.78, 5) is 3.91. The number of aliphatic imine (C=N–C) groups is 1. The molecule has 0 bridgehead atoms. The third-order valence-corrected chi connectivity index (χ3v) is 3.38. The van der Waals surface area contributed by atoms with Gasteiger partial charge in [0, 0.05) is 19.8 Å². The van der Waals surface area contributed by atoms with E-state index in [4.69, 9.17) is 16.2 Å². The second-order valence-corrected chi connectivity index (χ2v) is 5.45. The molecule has 0 heterocycles. The average molecular weight is 285 g/mol. The van der Waals surface area contributed by atoms with Crippen LogP contribution in [0.25, 0.3) is 0 Å². The SMILES string of the molecule is CCCCCCCCCCCCOCCCN=C(N)N. The quantitative estimate of drug-likeness (QED) is 0.274. The van der Waals surface area contributed by atoms with Gasteiger partial charge in [0.15, 0.2) is 5.96 Å². The highest BCUT2D eigenvalue weighted by Gasteiger charge is 1.93. The van der Waals surface area contributed by atoms with Crippen molar-refractivity contribution >= 4 is 5.96 Å². The van der Waals surface area contributed by atoms with Gasteiger partial charge in [0.25, 0.3) is 0 Å². The second-order valence-electron chi connectivity index (χ2n) is 5.45. The molecule has 0 aromatic heterocycles. The lowest BCUT2D eigenvalue weighted by Gasteiger charge is -2.04. The molecule has 0 spiro atoms. The van der Waals surface area contributed by atoms with Crippen LogP contribution in [0.5, 0.6) is 0 Å². The number of unbranched alkanes of at least 4 members (excludes halogenated alkanes) is 9. The van der Waals surface area contributed by atoms with Gasteiger partial charge in [0.1, 0.15) is 0 Å². The maximum Gasteiger partial charge on any atom is 0.185 e. The monoisotopic (exact) mass is 285 g/mol. The van der Waals surface area contributed by atoms with E-state index in [1.54, 1.807) is 0 Å². The van der Waals surface area contributed by atoms with Crippen molar-refractivity contribution in [1.29, 1.82) is 0 Å². The lowest BCUT2D eigenvalue weighted by molar-refractivity contribution is 0.129. The highest BCUT2D eigenvalue weighted by molar-refractivity contribution is 5.75. The maximum absolute atomic E-state index is 5.54. The van der Waals surface area contributed by atoms with Crippen molar-refractivity contribution in [2.45, 2.75) is 77.6 Å². The van der Waals surface area contributed by atoms with Crippen LogP contribution in [0.4, 0.5) is 0 Å². The third-order valence-electron chi connectivity index (χ3n) is 3.38. The predicted octanol–water partition coefficient (Wildman–Crippen LogP) is 3.59. The van der Waals surface area contributed by atoms with Gasteiger partial charge >= 0.3 is 0 Å². The number of guanidine groups is 1. The fourth-order valence-electron chi connectivity index (χ4n) is 2.17. The molecule has 0 amide bonds. The Morgan fingerprint density at radius 2 is 1.25 bits per heavy atom. The van der Waals surface area contributed by atoms with Gasteiger partial charge in [-0.25, -0.2) is 0 Å². The molecule has 0 radical (unpaired) electrons. The van der Waals surface area contributed by atoms with Crippen molar-refractivity contribution in [2.75, 3.05) is 19.8 Å². The molecule has 0 fully saturated rings. The molecule has 0 aliphatic heterocycles. The van der Waals surface area contributed by atoms with Crippen LogP contribution in [0.3, 0.4) is 0 Å². The minimum absolute atomic E-state index is 0.166. The lowest BCUT2D eigenvalue weighted by Crippen LogP contribution is -2.23. The third kappa shape index (κ3) is 17.2. The average Bonchev–Trinajstić information content (AvgIpc) is 2.43. The molecule has 0 unspecified atom stereocenters. The Hall–Kier alpha value is -0.770. The molecule has 0 aromatic rings. The molecule has 0 rings (SSSR count).